The van der Waals surface area contributed by atoms with Crippen LogP contribution in [0.1, 0.15) is 49.1 Å². The first-order valence-corrected chi connectivity index (χ1v) is 8.18. The molecule has 3 rings (SSSR count). The van der Waals surface area contributed by atoms with Gasteiger partial charge in [0.1, 0.15) is 5.82 Å². The number of aryl methyl sites for hydroxylation is 1. The summed E-state index contributed by atoms with van der Waals surface area (Å²) in [5.41, 5.74) is 4.34. The minimum Gasteiger partial charge on any atom is -0.392 e. The number of pyridine rings is 2. The van der Waals surface area contributed by atoms with Crippen LogP contribution in [0.4, 0.5) is 5.82 Å². The molecule has 0 saturated carbocycles. The van der Waals surface area contributed by atoms with Crippen LogP contribution < -0.4 is 4.90 Å². The van der Waals surface area contributed by atoms with E-state index in [4.69, 9.17) is 0 Å². The van der Waals surface area contributed by atoms with E-state index >= 15 is 0 Å². The zero-order valence-corrected chi connectivity index (χ0v) is 14.4. The van der Waals surface area contributed by atoms with Crippen molar-refractivity contribution in [2.45, 2.75) is 52.2 Å². The molecule has 3 heterocycles. The van der Waals surface area contributed by atoms with Crippen LogP contribution in [0.5, 0.6) is 0 Å². The highest BCUT2D eigenvalue weighted by Crippen LogP contribution is 2.40. The van der Waals surface area contributed by atoms with Crippen molar-refractivity contribution in [1.29, 1.82) is 0 Å². The lowest BCUT2D eigenvalue weighted by molar-refractivity contribution is 0.279. The fourth-order valence-electron chi connectivity index (χ4n) is 3.34. The van der Waals surface area contributed by atoms with Crippen LogP contribution >= 0.6 is 0 Å². The minimum absolute atomic E-state index is 0.0400. The third-order valence-corrected chi connectivity index (χ3v) is 4.53. The maximum absolute atomic E-state index is 9.63. The smallest absolute Gasteiger partial charge is 0.132 e. The van der Waals surface area contributed by atoms with Gasteiger partial charge in [-0.1, -0.05) is 12.1 Å². The van der Waals surface area contributed by atoms with E-state index in [1.807, 2.05) is 31.5 Å². The van der Waals surface area contributed by atoms with E-state index in [0.717, 1.165) is 35.6 Å². The second kappa shape index (κ2) is 5.93. The monoisotopic (exact) mass is 311 g/mol. The fourth-order valence-corrected chi connectivity index (χ4v) is 3.34. The lowest BCUT2D eigenvalue weighted by Crippen LogP contribution is -2.41. The molecule has 1 N–H and O–H groups in total. The van der Waals surface area contributed by atoms with E-state index in [0.29, 0.717) is 5.92 Å². The molecule has 1 unspecified atom stereocenters. The van der Waals surface area contributed by atoms with E-state index in [2.05, 4.69) is 41.7 Å². The molecule has 0 bridgehead atoms. The first-order chi connectivity index (χ1) is 10.9. The van der Waals surface area contributed by atoms with E-state index in [-0.39, 0.29) is 12.1 Å². The van der Waals surface area contributed by atoms with Gasteiger partial charge in [0.25, 0.3) is 0 Å². The van der Waals surface area contributed by atoms with E-state index < -0.39 is 0 Å². The second-order valence-electron chi connectivity index (χ2n) is 7.38. The predicted octanol–water partition coefficient (Wildman–Crippen LogP) is 3.22. The lowest BCUT2D eigenvalue weighted by Gasteiger charge is -2.33. The molecule has 23 heavy (non-hydrogen) atoms. The number of aliphatic hydroxyl groups is 1. The zero-order chi connectivity index (χ0) is 16.6. The van der Waals surface area contributed by atoms with Crippen LogP contribution in [0, 0.1) is 6.92 Å². The zero-order valence-electron chi connectivity index (χ0n) is 14.4. The standard InChI is InChI=1S/C19H25N3O/c1-13-8-15(12-23)17(21-10-13)9-14-11-22(19(2,3)4)18-16(14)6-5-7-20-18/h5-8,10,14,23H,9,11-12H2,1-4H3. The summed E-state index contributed by atoms with van der Waals surface area (Å²) < 4.78 is 0. The van der Waals surface area contributed by atoms with E-state index in [1.165, 1.54) is 5.56 Å². The molecule has 4 heteroatoms. The fraction of sp³-hybridized carbons (Fsp3) is 0.474. The van der Waals surface area contributed by atoms with Crippen molar-refractivity contribution >= 4 is 5.82 Å². The number of hydrogen-bond acceptors (Lipinski definition) is 4. The van der Waals surface area contributed by atoms with E-state index in [9.17, 15) is 5.11 Å². The summed E-state index contributed by atoms with van der Waals surface area (Å²) >= 11 is 0. The van der Waals surface area contributed by atoms with Crippen molar-refractivity contribution in [3.8, 4) is 0 Å². The Morgan fingerprint density at radius 3 is 2.78 bits per heavy atom. The van der Waals surface area contributed by atoms with Gasteiger partial charge in [-0.05, 0) is 56.9 Å². The summed E-state index contributed by atoms with van der Waals surface area (Å²) in [6.45, 7) is 9.65. The Kier molecular flexibility index (Phi) is 4.11. The first kappa shape index (κ1) is 15.9. The number of aliphatic hydroxyl groups excluding tert-OH is 1. The van der Waals surface area contributed by atoms with Crippen LogP contribution in [0.25, 0.3) is 0 Å². The highest BCUT2D eigenvalue weighted by Gasteiger charge is 2.35. The topological polar surface area (TPSA) is 49.2 Å². The summed E-state index contributed by atoms with van der Waals surface area (Å²) in [6, 6.07) is 6.21. The van der Waals surface area contributed by atoms with Crippen LogP contribution in [0.2, 0.25) is 0 Å². The summed E-state index contributed by atoms with van der Waals surface area (Å²) in [7, 11) is 0. The molecule has 0 aromatic carbocycles. The van der Waals surface area contributed by atoms with Gasteiger partial charge in [0.15, 0.2) is 0 Å². The van der Waals surface area contributed by atoms with Crippen molar-refractivity contribution in [2.24, 2.45) is 0 Å². The molecule has 4 nitrogen and oxygen atoms in total. The number of rotatable bonds is 3. The molecular weight excluding hydrogens is 286 g/mol. The van der Waals surface area contributed by atoms with Gasteiger partial charge in [-0.15, -0.1) is 0 Å². The minimum atomic E-state index is 0.0400. The molecule has 122 valence electrons. The van der Waals surface area contributed by atoms with Crippen molar-refractivity contribution in [3.63, 3.8) is 0 Å². The third kappa shape index (κ3) is 3.08. The van der Waals surface area contributed by atoms with Crippen molar-refractivity contribution in [3.05, 3.63) is 53.0 Å². The molecule has 1 atom stereocenters. The van der Waals surface area contributed by atoms with Gasteiger partial charge in [-0.3, -0.25) is 4.98 Å². The molecule has 2 aromatic rings. The molecule has 0 spiro atoms. The van der Waals surface area contributed by atoms with Gasteiger partial charge >= 0.3 is 0 Å². The van der Waals surface area contributed by atoms with Crippen LogP contribution in [-0.2, 0) is 13.0 Å². The lowest BCUT2D eigenvalue weighted by atomic mass is 9.95. The molecule has 0 saturated heterocycles. The first-order valence-electron chi connectivity index (χ1n) is 8.18. The molecule has 1 aliphatic heterocycles. The number of nitrogens with zero attached hydrogens (tertiary/aromatic N) is 3. The molecular formula is C19H25N3O. The van der Waals surface area contributed by atoms with Crippen LogP contribution in [0.3, 0.4) is 0 Å². The number of hydrogen-bond donors (Lipinski definition) is 1. The quantitative estimate of drug-likeness (QED) is 0.945. The molecule has 0 amide bonds. The summed E-state index contributed by atoms with van der Waals surface area (Å²) in [4.78, 5) is 11.6. The second-order valence-corrected chi connectivity index (χ2v) is 7.38. The Labute approximate surface area is 138 Å². The summed E-state index contributed by atoms with van der Waals surface area (Å²) in [6.07, 6.45) is 4.58. The van der Waals surface area contributed by atoms with Crippen LogP contribution in [-0.4, -0.2) is 27.2 Å². The van der Waals surface area contributed by atoms with Crippen molar-refractivity contribution < 1.29 is 5.11 Å². The molecule has 0 aliphatic carbocycles. The Hall–Kier alpha value is -1.94. The van der Waals surface area contributed by atoms with Crippen molar-refractivity contribution in [1.82, 2.24) is 9.97 Å². The predicted molar refractivity (Wildman–Crippen MR) is 92.7 cm³/mol. The average Bonchev–Trinajstić information content (AvgIpc) is 2.88. The summed E-state index contributed by atoms with van der Waals surface area (Å²) in [5.74, 6) is 1.45. The van der Waals surface area contributed by atoms with Gasteiger partial charge in [-0.2, -0.15) is 0 Å². The summed E-state index contributed by atoms with van der Waals surface area (Å²) in [5, 5.41) is 9.63. The third-order valence-electron chi connectivity index (χ3n) is 4.53. The largest absolute Gasteiger partial charge is 0.392 e. The maximum atomic E-state index is 9.63. The molecule has 0 fully saturated rings. The Morgan fingerprint density at radius 2 is 2.09 bits per heavy atom. The highest BCUT2D eigenvalue weighted by molar-refractivity contribution is 5.56. The van der Waals surface area contributed by atoms with Gasteiger partial charge in [0.2, 0.25) is 0 Å². The normalized spacial score (nSPS) is 17.4. The number of anilines is 1. The molecule has 1 aliphatic rings. The molecule has 0 radical (unpaired) electrons. The van der Waals surface area contributed by atoms with Gasteiger partial charge < -0.3 is 10.0 Å². The SMILES string of the molecule is Cc1cnc(CC2CN(C(C)(C)C)c3ncccc32)c(CO)c1. The Morgan fingerprint density at radius 1 is 1.30 bits per heavy atom. The number of fused-ring (bicyclic) bond motifs is 1. The van der Waals surface area contributed by atoms with E-state index in [1.54, 1.807) is 0 Å². The van der Waals surface area contributed by atoms with Gasteiger partial charge in [-0.25, -0.2) is 4.98 Å². The highest BCUT2D eigenvalue weighted by atomic mass is 16.3. The van der Waals surface area contributed by atoms with Gasteiger partial charge in [0, 0.05) is 36.1 Å². The van der Waals surface area contributed by atoms with Gasteiger partial charge in [0.05, 0.1) is 6.61 Å². The average molecular weight is 311 g/mol. The molecule has 2 aromatic heterocycles. The van der Waals surface area contributed by atoms with Crippen LogP contribution in [0.15, 0.2) is 30.6 Å². The number of aromatic nitrogens is 2. The van der Waals surface area contributed by atoms with Crippen molar-refractivity contribution in [2.75, 3.05) is 11.4 Å². The Bertz CT molecular complexity index is 706. The maximum Gasteiger partial charge on any atom is 0.132 e. The Balaban J connectivity index is 1.93.